The predicted octanol–water partition coefficient (Wildman–Crippen LogP) is 3.67. The molecule has 0 radical (unpaired) electrons. The zero-order valence-corrected chi connectivity index (χ0v) is 8.63. The minimum absolute atomic E-state index is 0.0282. The normalized spacial score (nSPS) is 14.2. The average molecular weight is 198 g/mol. The number of nitriles is 1. The van der Waals surface area contributed by atoms with Gasteiger partial charge in [-0.3, -0.25) is 0 Å². The molecule has 13 heavy (non-hydrogen) atoms. The zero-order valence-electron chi connectivity index (χ0n) is 7.88. The molecule has 0 aliphatic carbocycles. The maximum absolute atomic E-state index is 8.33. The Balaban J connectivity index is 3.66. The predicted molar refractivity (Wildman–Crippen MR) is 57.6 cm³/mol. The van der Waals surface area contributed by atoms with Gasteiger partial charge in [-0.2, -0.15) is 5.26 Å². The van der Waals surface area contributed by atoms with Crippen LogP contribution in [-0.2, 0) is 0 Å². The molecule has 0 heterocycles. The van der Waals surface area contributed by atoms with E-state index in [-0.39, 0.29) is 11.3 Å². The van der Waals surface area contributed by atoms with Gasteiger partial charge in [-0.05, 0) is 18.8 Å². The second-order valence-corrected chi connectivity index (χ2v) is 3.49. The van der Waals surface area contributed by atoms with Crippen LogP contribution in [0.25, 0.3) is 0 Å². The van der Waals surface area contributed by atoms with Crippen molar-refractivity contribution in [1.29, 1.82) is 5.26 Å². The molecule has 0 amide bonds. The van der Waals surface area contributed by atoms with Crippen LogP contribution in [0.4, 0.5) is 0 Å². The second-order valence-electron chi connectivity index (χ2n) is 2.98. The van der Waals surface area contributed by atoms with E-state index in [4.69, 9.17) is 16.9 Å². The minimum Gasteiger partial charge on any atom is -0.198 e. The first-order valence-corrected chi connectivity index (χ1v) is 4.96. The van der Waals surface area contributed by atoms with E-state index in [2.05, 4.69) is 19.2 Å². The van der Waals surface area contributed by atoms with Crippen LogP contribution < -0.4 is 0 Å². The fourth-order valence-electron chi connectivity index (χ4n) is 1.17. The molecule has 2 heteroatoms. The molecule has 0 aliphatic heterocycles. The first-order valence-electron chi connectivity index (χ1n) is 4.52. The topological polar surface area (TPSA) is 23.8 Å². The van der Waals surface area contributed by atoms with Gasteiger partial charge in [-0.1, -0.05) is 18.6 Å². The highest BCUT2D eigenvalue weighted by atomic mass is 35.5. The van der Waals surface area contributed by atoms with Crippen molar-refractivity contribution in [3.8, 4) is 6.07 Å². The van der Waals surface area contributed by atoms with Crippen molar-refractivity contribution >= 4 is 11.6 Å². The van der Waals surface area contributed by atoms with E-state index in [1.165, 1.54) is 0 Å². The summed E-state index contributed by atoms with van der Waals surface area (Å²) in [5.41, 5.74) is 0. The summed E-state index contributed by atoms with van der Waals surface area (Å²) in [5, 5.41) is 8.30. The Bertz CT molecular complexity index is 193. The molecule has 0 aliphatic rings. The molecule has 0 N–H and O–H groups in total. The summed E-state index contributed by atoms with van der Waals surface area (Å²) in [6.45, 7) is 7.37. The van der Waals surface area contributed by atoms with Crippen LogP contribution >= 0.6 is 11.6 Å². The molecule has 0 rings (SSSR count). The Morgan fingerprint density at radius 2 is 2.00 bits per heavy atom. The summed E-state index contributed by atoms with van der Waals surface area (Å²) in [6, 6.07) is 2.12. The molecule has 2 atom stereocenters. The van der Waals surface area contributed by atoms with Gasteiger partial charge in [-0.15, -0.1) is 24.8 Å². The lowest BCUT2D eigenvalue weighted by atomic mass is 9.98. The lowest BCUT2D eigenvalue weighted by Crippen LogP contribution is -2.09. The molecule has 0 spiro atoms. The molecule has 0 aromatic carbocycles. The van der Waals surface area contributed by atoms with Gasteiger partial charge >= 0.3 is 0 Å². The SMILES string of the molecule is C=CC(Cl)C(C=C)CCCCC#N. The highest BCUT2D eigenvalue weighted by molar-refractivity contribution is 6.22. The van der Waals surface area contributed by atoms with E-state index in [0.717, 1.165) is 19.3 Å². The largest absolute Gasteiger partial charge is 0.198 e. The number of nitrogens with zero attached hydrogens (tertiary/aromatic N) is 1. The fourth-order valence-corrected chi connectivity index (χ4v) is 1.39. The van der Waals surface area contributed by atoms with Crippen molar-refractivity contribution in [1.82, 2.24) is 0 Å². The van der Waals surface area contributed by atoms with Crippen LogP contribution in [0.2, 0.25) is 0 Å². The van der Waals surface area contributed by atoms with Gasteiger partial charge in [0.05, 0.1) is 11.4 Å². The van der Waals surface area contributed by atoms with Gasteiger partial charge in [0, 0.05) is 6.42 Å². The Kier molecular flexibility index (Phi) is 7.44. The van der Waals surface area contributed by atoms with Crippen LogP contribution in [0, 0.1) is 17.2 Å². The first kappa shape index (κ1) is 12.3. The van der Waals surface area contributed by atoms with Crippen molar-refractivity contribution in [3.05, 3.63) is 25.3 Å². The molecule has 0 saturated carbocycles. The van der Waals surface area contributed by atoms with E-state index in [1.807, 2.05) is 6.08 Å². The summed E-state index contributed by atoms with van der Waals surface area (Å²) < 4.78 is 0. The van der Waals surface area contributed by atoms with E-state index >= 15 is 0 Å². The molecular weight excluding hydrogens is 182 g/mol. The third kappa shape index (κ3) is 5.49. The Labute approximate surface area is 85.7 Å². The van der Waals surface area contributed by atoms with E-state index in [1.54, 1.807) is 6.08 Å². The lowest BCUT2D eigenvalue weighted by Gasteiger charge is -2.14. The lowest BCUT2D eigenvalue weighted by molar-refractivity contribution is 0.558. The Morgan fingerprint density at radius 3 is 2.46 bits per heavy atom. The van der Waals surface area contributed by atoms with Crippen LogP contribution in [0.1, 0.15) is 25.7 Å². The summed E-state index contributed by atoms with van der Waals surface area (Å²) >= 11 is 5.99. The zero-order chi connectivity index (χ0) is 10.1. The van der Waals surface area contributed by atoms with Crippen molar-refractivity contribution in [2.75, 3.05) is 0 Å². The maximum atomic E-state index is 8.33. The molecule has 2 unspecified atom stereocenters. The number of unbranched alkanes of at least 4 members (excludes halogenated alkanes) is 2. The maximum Gasteiger partial charge on any atom is 0.0621 e. The highest BCUT2D eigenvalue weighted by Gasteiger charge is 2.11. The number of alkyl halides is 1. The van der Waals surface area contributed by atoms with Gasteiger partial charge < -0.3 is 0 Å². The highest BCUT2D eigenvalue weighted by Crippen LogP contribution is 2.20. The molecule has 0 fully saturated rings. The second kappa shape index (κ2) is 7.89. The number of rotatable bonds is 7. The standard InChI is InChI=1S/C11H16ClN/c1-3-10(11(12)4-2)8-6-5-7-9-13/h3-4,10-11H,1-2,5-8H2. The van der Waals surface area contributed by atoms with E-state index in [9.17, 15) is 0 Å². The third-order valence-electron chi connectivity index (χ3n) is 2.01. The van der Waals surface area contributed by atoms with Crippen molar-refractivity contribution < 1.29 is 0 Å². The molecule has 0 aromatic rings. The monoisotopic (exact) mass is 197 g/mol. The van der Waals surface area contributed by atoms with Gasteiger partial charge in [0.25, 0.3) is 0 Å². The number of allylic oxidation sites excluding steroid dienone is 2. The smallest absolute Gasteiger partial charge is 0.0621 e. The quantitative estimate of drug-likeness (QED) is 0.347. The fraction of sp³-hybridized carbons (Fsp3) is 0.545. The van der Waals surface area contributed by atoms with Crippen molar-refractivity contribution in [2.24, 2.45) is 5.92 Å². The number of hydrogen-bond acceptors (Lipinski definition) is 1. The molecule has 0 saturated heterocycles. The summed E-state index contributed by atoms with van der Waals surface area (Å²) in [5.74, 6) is 0.290. The van der Waals surface area contributed by atoms with Crippen LogP contribution in [0.3, 0.4) is 0 Å². The van der Waals surface area contributed by atoms with Crippen molar-refractivity contribution in [3.63, 3.8) is 0 Å². The molecular formula is C11H16ClN. The summed E-state index contributed by atoms with van der Waals surface area (Å²) in [4.78, 5) is 0. The first-order chi connectivity index (χ1) is 6.26. The van der Waals surface area contributed by atoms with Crippen molar-refractivity contribution in [2.45, 2.75) is 31.1 Å². The van der Waals surface area contributed by atoms with Crippen LogP contribution in [-0.4, -0.2) is 5.38 Å². The third-order valence-corrected chi connectivity index (χ3v) is 2.51. The average Bonchev–Trinajstić information content (AvgIpc) is 2.17. The van der Waals surface area contributed by atoms with Crippen LogP contribution in [0.15, 0.2) is 25.3 Å². The Morgan fingerprint density at radius 1 is 1.31 bits per heavy atom. The number of halogens is 1. The van der Waals surface area contributed by atoms with Gasteiger partial charge in [0.15, 0.2) is 0 Å². The van der Waals surface area contributed by atoms with Gasteiger partial charge in [-0.25, -0.2) is 0 Å². The summed E-state index contributed by atoms with van der Waals surface area (Å²) in [7, 11) is 0. The minimum atomic E-state index is -0.0282. The summed E-state index contributed by atoms with van der Waals surface area (Å²) in [6.07, 6.45) is 7.20. The molecule has 0 aromatic heterocycles. The molecule has 1 nitrogen and oxygen atoms in total. The Hall–Kier alpha value is -0.740. The molecule has 0 bridgehead atoms. The van der Waals surface area contributed by atoms with Crippen LogP contribution in [0.5, 0.6) is 0 Å². The number of hydrogen-bond donors (Lipinski definition) is 0. The van der Waals surface area contributed by atoms with Gasteiger partial charge in [0.2, 0.25) is 0 Å². The molecule has 72 valence electrons. The van der Waals surface area contributed by atoms with E-state index in [0.29, 0.717) is 6.42 Å². The van der Waals surface area contributed by atoms with E-state index < -0.39 is 0 Å². The van der Waals surface area contributed by atoms with Gasteiger partial charge in [0.1, 0.15) is 0 Å².